The van der Waals surface area contributed by atoms with Crippen molar-refractivity contribution in [1.82, 2.24) is 10.6 Å². The van der Waals surface area contributed by atoms with E-state index in [1.54, 1.807) is 0 Å². The highest BCUT2D eigenvalue weighted by atomic mass is 127. The number of nitrogens with zero attached hydrogens (tertiary/aromatic N) is 1. The van der Waals surface area contributed by atoms with Gasteiger partial charge in [0.2, 0.25) is 0 Å². The maximum atomic E-state index is 9.98. The summed E-state index contributed by atoms with van der Waals surface area (Å²) in [5.74, 6) is 1.41. The molecule has 0 spiro atoms. The summed E-state index contributed by atoms with van der Waals surface area (Å²) in [7, 11) is 0. The van der Waals surface area contributed by atoms with Crippen LogP contribution in [0.4, 0.5) is 0 Å². The summed E-state index contributed by atoms with van der Waals surface area (Å²) in [5.41, 5.74) is 0. The summed E-state index contributed by atoms with van der Waals surface area (Å²) < 4.78 is 12.0. The Morgan fingerprint density at radius 1 is 1.25 bits per heavy atom. The van der Waals surface area contributed by atoms with Crippen LogP contribution in [0.1, 0.15) is 13.8 Å². The van der Waals surface area contributed by atoms with E-state index in [9.17, 15) is 5.11 Å². The number of guanidine groups is 1. The molecule has 138 valence electrons. The first-order valence-electron chi connectivity index (χ1n) is 7.82. The summed E-state index contributed by atoms with van der Waals surface area (Å²) in [6.07, 6.45) is -0.656. The fourth-order valence-corrected chi connectivity index (χ4v) is 2.06. The molecule has 0 aromatic heterocycles. The average Bonchev–Trinajstić information content (AvgIpc) is 2.56. The third kappa shape index (κ3) is 11.3. The van der Waals surface area contributed by atoms with E-state index in [0.717, 1.165) is 15.9 Å². The summed E-state index contributed by atoms with van der Waals surface area (Å²) in [4.78, 5) is 4.35. The molecule has 6 nitrogen and oxygen atoms in total. The van der Waals surface area contributed by atoms with E-state index in [2.05, 4.69) is 38.2 Å². The molecule has 0 amide bonds. The molecule has 1 atom stereocenters. The zero-order chi connectivity index (χ0) is 16.9. The van der Waals surface area contributed by atoms with Gasteiger partial charge < -0.3 is 25.2 Å². The van der Waals surface area contributed by atoms with Gasteiger partial charge in [-0.1, -0.05) is 0 Å². The normalized spacial score (nSPS) is 12.2. The van der Waals surface area contributed by atoms with Crippen molar-refractivity contribution in [2.24, 2.45) is 4.99 Å². The van der Waals surface area contributed by atoms with Crippen molar-refractivity contribution in [3.05, 3.63) is 27.8 Å². The molecule has 0 aliphatic carbocycles. The molecule has 8 heteroatoms. The molecule has 0 saturated carbocycles. The summed E-state index contributed by atoms with van der Waals surface area (Å²) >= 11 is 2.24. The van der Waals surface area contributed by atoms with E-state index in [1.807, 2.05) is 38.1 Å². The minimum Gasteiger partial charge on any atom is -0.491 e. The van der Waals surface area contributed by atoms with Gasteiger partial charge in [0, 0.05) is 23.3 Å². The van der Waals surface area contributed by atoms with Crippen LogP contribution in [0.5, 0.6) is 5.75 Å². The molecular weight excluding hydrogens is 536 g/mol. The zero-order valence-corrected chi connectivity index (χ0v) is 18.6. The van der Waals surface area contributed by atoms with E-state index in [1.165, 1.54) is 0 Å². The van der Waals surface area contributed by atoms with E-state index in [4.69, 9.17) is 9.47 Å². The van der Waals surface area contributed by atoms with Crippen molar-refractivity contribution >= 4 is 52.5 Å². The fraction of sp³-hybridized carbons (Fsp3) is 0.562. The Kier molecular flexibility index (Phi) is 14.8. The van der Waals surface area contributed by atoms with Crippen molar-refractivity contribution in [1.29, 1.82) is 0 Å². The predicted octanol–water partition coefficient (Wildman–Crippen LogP) is 2.24. The number of ether oxygens (including phenoxy) is 2. The van der Waals surface area contributed by atoms with Gasteiger partial charge in [0.25, 0.3) is 0 Å². The second kappa shape index (κ2) is 15.0. The van der Waals surface area contributed by atoms with Crippen LogP contribution < -0.4 is 15.4 Å². The number of halogens is 2. The van der Waals surface area contributed by atoms with Crippen molar-refractivity contribution in [3.8, 4) is 5.75 Å². The molecule has 24 heavy (non-hydrogen) atoms. The van der Waals surface area contributed by atoms with Gasteiger partial charge in [-0.2, -0.15) is 0 Å². The molecule has 0 heterocycles. The lowest BCUT2D eigenvalue weighted by atomic mass is 10.3. The Labute approximate surface area is 175 Å². The van der Waals surface area contributed by atoms with Crippen LogP contribution in [0.3, 0.4) is 0 Å². The molecular formula is C16H27I2N3O3. The lowest BCUT2D eigenvalue weighted by Gasteiger charge is -2.14. The number of hydrogen-bond acceptors (Lipinski definition) is 4. The van der Waals surface area contributed by atoms with E-state index >= 15 is 0 Å². The smallest absolute Gasteiger partial charge is 0.191 e. The first-order chi connectivity index (χ1) is 11.2. The quantitative estimate of drug-likeness (QED) is 0.176. The van der Waals surface area contributed by atoms with Crippen LogP contribution in [0, 0.1) is 3.57 Å². The first kappa shape index (κ1) is 23.7. The maximum absolute atomic E-state index is 9.98. The predicted molar refractivity (Wildman–Crippen MR) is 117 cm³/mol. The molecule has 0 fully saturated rings. The van der Waals surface area contributed by atoms with Gasteiger partial charge in [-0.3, -0.25) is 4.99 Å². The number of aliphatic hydroxyl groups excluding tert-OH is 1. The van der Waals surface area contributed by atoms with Crippen LogP contribution >= 0.6 is 46.6 Å². The topological polar surface area (TPSA) is 75.1 Å². The lowest BCUT2D eigenvalue weighted by Crippen LogP contribution is -2.39. The molecule has 0 aliphatic rings. The van der Waals surface area contributed by atoms with E-state index in [0.29, 0.717) is 25.7 Å². The van der Waals surface area contributed by atoms with Crippen LogP contribution in [0.15, 0.2) is 29.3 Å². The molecule has 0 saturated heterocycles. The van der Waals surface area contributed by atoms with Gasteiger partial charge in [-0.15, -0.1) is 24.0 Å². The molecule has 0 bridgehead atoms. The van der Waals surface area contributed by atoms with Crippen LogP contribution in [0.2, 0.25) is 0 Å². The second-order valence-electron chi connectivity index (χ2n) is 4.76. The number of benzene rings is 1. The van der Waals surface area contributed by atoms with Crippen molar-refractivity contribution in [2.75, 3.05) is 39.5 Å². The van der Waals surface area contributed by atoms with E-state index in [-0.39, 0.29) is 37.1 Å². The Morgan fingerprint density at radius 2 is 1.96 bits per heavy atom. The fourth-order valence-electron chi connectivity index (χ4n) is 1.70. The van der Waals surface area contributed by atoms with Gasteiger partial charge in [0.15, 0.2) is 5.96 Å². The zero-order valence-electron chi connectivity index (χ0n) is 14.1. The van der Waals surface area contributed by atoms with Gasteiger partial charge in [-0.05, 0) is 60.7 Å². The minimum absolute atomic E-state index is 0. The van der Waals surface area contributed by atoms with Crippen molar-refractivity contribution in [2.45, 2.75) is 20.0 Å². The number of nitrogens with one attached hydrogen (secondary N) is 2. The standard InChI is InChI=1S/C16H26IN3O3.HI/c1-3-18-16(19-9-10-22-4-2)20-11-14(21)12-23-15-7-5-13(17)6-8-15;/h5-8,14,21H,3-4,9-12H2,1-2H3,(H2,18,19,20);1H. The van der Waals surface area contributed by atoms with Gasteiger partial charge in [0.05, 0.1) is 13.2 Å². The Balaban J connectivity index is 0.00000529. The van der Waals surface area contributed by atoms with Gasteiger partial charge in [0.1, 0.15) is 18.5 Å². The maximum Gasteiger partial charge on any atom is 0.191 e. The van der Waals surface area contributed by atoms with Gasteiger partial charge in [-0.25, -0.2) is 0 Å². The molecule has 0 aliphatic heterocycles. The molecule has 1 unspecified atom stereocenters. The van der Waals surface area contributed by atoms with Crippen LogP contribution in [-0.4, -0.2) is 56.6 Å². The third-order valence-corrected chi connectivity index (χ3v) is 3.52. The van der Waals surface area contributed by atoms with Gasteiger partial charge >= 0.3 is 0 Å². The Hall–Kier alpha value is -0.330. The summed E-state index contributed by atoms with van der Waals surface area (Å²) in [6, 6.07) is 7.70. The summed E-state index contributed by atoms with van der Waals surface area (Å²) in [5, 5.41) is 16.3. The Bertz CT molecular complexity index is 458. The van der Waals surface area contributed by atoms with E-state index < -0.39 is 6.10 Å². The highest BCUT2D eigenvalue weighted by Crippen LogP contribution is 2.13. The highest BCUT2D eigenvalue weighted by Gasteiger charge is 2.06. The summed E-state index contributed by atoms with van der Waals surface area (Å²) in [6.45, 7) is 7.20. The largest absolute Gasteiger partial charge is 0.491 e. The Morgan fingerprint density at radius 3 is 2.58 bits per heavy atom. The van der Waals surface area contributed by atoms with Crippen LogP contribution in [-0.2, 0) is 4.74 Å². The van der Waals surface area contributed by atoms with Crippen molar-refractivity contribution < 1.29 is 14.6 Å². The molecule has 0 radical (unpaired) electrons. The molecule has 1 aromatic rings. The number of aliphatic hydroxyl groups is 1. The lowest BCUT2D eigenvalue weighted by molar-refractivity contribution is 0.114. The number of aliphatic imine (C=N–C) groups is 1. The van der Waals surface area contributed by atoms with Crippen molar-refractivity contribution in [3.63, 3.8) is 0 Å². The molecule has 3 N–H and O–H groups in total. The number of hydrogen-bond donors (Lipinski definition) is 3. The average molecular weight is 563 g/mol. The monoisotopic (exact) mass is 563 g/mol. The first-order valence-corrected chi connectivity index (χ1v) is 8.90. The third-order valence-electron chi connectivity index (χ3n) is 2.80. The molecule has 1 aromatic carbocycles. The second-order valence-corrected chi connectivity index (χ2v) is 6.01. The highest BCUT2D eigenvalue weighted by molar-refractivity contribution is 14.1. The number of rotatable bonds is 10. The molecule has 1 rings (SSSR count). The minimum atomic E-state index is -0.656. The SMILES string of the molecule is CCNC(=NCC(O)COc1ccc(I)cc1)NCCOCC.I. The van der Waals surface area contributed by atoms with Crippen LogP contribution in [0.25, 0.3) is 0 Å².